The van der Waals surface area contributed by atoms with E-state index in [9.17, 15) is 4.79 Å². The lowest BCUT2D eigenvalue weighted by molar-refractivity contribution is 0.0708. The molecule has 1 saturated heterocycles. The van der Waals surface area contributed by atoms with Crippen molar-refractivity contribution in [2.24, 2.45) is 0 Å². The maximum absolute atomic E-state index is 13.4. The Kier molecular flexibility index (Phi) is 7.13. The number of carbonyl (C=O) groups is 1. The molecule has 1 aliphatic rings. The van der Waals surface area contributed by atoms with Crippen molar-refractivity contribution in [1.82, 2.24) is 20.0 Å². The molecule has 1 fully saturated rings. The van der Waals surface area contributed by atoms with Crippen LogP contribution < -0.4 is 10.1 Å². The molecule has 0 saturated carbocycles. The Balaban J connectivity index is 0.00000256. The second-order valence-corrected chi connectivity index (χ2v) is 7.26. The van der Waals surface area contributed by atoms with Crippen LogP contribution in [0.2, 0.25) is 0 Å². The molecule has 4 rings (SSSR count). The summed E-state index contributed by atoms with van der Waals surface area (Å²) in [4.78, 5) is 15.3. The molecule has 30 heavy (non-hydrogen) atoms. The summed E-state index contributed by atoms with van der Waals surface area (Å²) in [7, 11) is 3.62. The number of halogens is 1. The third-order valence-electron chi connectivity index (χ3n) is 5.50. The molecule has 0 radical (unpaired) electrons. The molecule has 7 heteroatoms. The van der Waals surface area contributed by atoms with Crippen molar-refractivity contribution in [1.29, 1.82) is 0 Å². The average molecular weight is 427 g/mol. The number of para-hydroxylation sites is 1. The lowest BCUT2D eigenvalue weighted by Gasteiger charge is -2.31. The van der Waals surface area contributed by atoms with Crippen LogP contribution in [0.5, 0.6) is 5.75 Å². The number of ether oxygens (including phenoxy) is 1. The SMILES string of the molecule is CNC1CCN(C(=O)c2cn(-c3ccccc3)nc2-c2cccc(OC)c2)CC1.Cl. The number of nitrogens with zero attached hydrogens (tertiary/aromatic N) is 3. The first-order valence-electron chi connectivity index (χ1n) is 9.95. The molecule has 1 aromatic heterocycles. The molecular formula is C23H27ClN4O2. The van der Waals surface area contributed by atoms with E-state index in [4.69, 9.17) is 9.84 Å². The Hall–Kier alpha value is -2.83. The maximum atomic E-state index is 13.4. The fourth-order valence-electron chi connectivity index (χ4n) is 3.77. The van der Waals surface area contributed by atoms with Gasteiger partial charge in [0.2, 0.25) is 0 Å². The molecular weight excluding hydrogens is 400 g/mol. The van der Waals surface area contributed by atoms with Crippen molar-refractivity contribution in [2.75, 3.05) is 27.2 Å². The van der Waals surface area contributed by atoms with Crippen LogP contribution in [-0.4, -0.2) is 53.9 Å². The molecule has 0 aliphatic carbocycles. The molecule has 158 valence electrons. The van der Waals surface area contributed by atoms with Gasteiger partial charge in [0.25, 0.3) is 5.91 Å². The van der Waals surface area contributed by atoms with Crippen molar-refractivity contribution >= 4 is 18.3 Å². The summed E-state index contributed by atoms with van der Waals surface area (Å²) < 4.78 is 7.15. The molecule has 1 aliphatic heterocycles. The van der Waals surface area contributed by atoms with E-state index in [1.165, 1.54) is 0 Å². The quantitative estimate of drug-likeness (QED) is 0.674. The fourth-order valence-corrected chi connectivity index (χ4v) is 3.77. The summed E-state index contributed by atoms with van der Waals surface area (Å²) in [6, 6.07) is 18.0. The number of amides is 1. The minimum atomic E-state index is 0. The number of nitrogens with one attached hydrogen (secondary N) is 1. The van der Waals surface area contributed by atoms with Gasteiger partial charge in [-0.25, -0.2) is 4.68 Å². The van der Waals surface area contributed by atoms with E-state index in [-0.39, 0.29) is 18.3 Å². The Morgan fingerprint density at radius 2 is 1.83 bits per heavy atom. The number of piperidine rings is 1. The van der Waals surface area contributed by atoms with Crippen molar-refractivity contribution in [3.05, 3.63) is 66.4 Å². The van der Waals surface area contributed by atoms with E-state index in [2.05, 4.69) is 5.32 Å². The monoisotopic (exact) mass is 426 g/mol. The van der Waals surface area contributed by atoms with Crippen LogP contribution >= 0.6 is 12.4 Å². The maximum Gasteiger partial charge on any atom is 0.257 e. The van der Waals surface area contributed by atoms with Gasteiger partial charge < -0.3 is 15.0 Å². The summed E-state index contributed by atoms with van der Waals surface area (Å²) in [6.45, 7) is 1.50. The van der Waals surface area contributed by atoms with Crippen LogP contribution in [-0.2, 0) is 0 Å². The zero-order valence-electron chi connectivity index (χ0n) is 17.2. The molecule has 6 nitrogen and oxygen atoms in total. The standard InChI is InChI=1S/C23H26N4O2.ClH/c1-24-18-11-13-26(14-12-18)23(28)21-16-27(19-8-4-3-5-9-19)25-22(21)17-7-6-10-20(15-17)29-2;/h3-10,15-16,18,24H,11-14H2,1-2H3;1H. The lowest BCUT2D eigenvalue weighted by Crippen LogP contribution is -2.44. The molecule has 0 atom stereocenters. The van der Waals surface area contributed by atoms with E-state index in [0.29, 0.717) is 17.3 Å². The van der Waals surface area contributed by atoms with E-state index >= 15 is 0 Å². The number of rotatable bonds is 5. The van der Waals surface area contributed by atoms with Crippen molar-refractivity contribution in [2.45, 2.75) is 18.9 Å². The van der Waals surface area contributed by atoms with Crippen molar-refractivity contribution in [3.63, 3.8) is 0 Å². The second-order valence-electron chi connectivity index (χ2n) is 7.26. The Morgan fingerprint density at radius 1 is 1.10 bits per heavy atom. The van der Waals surface area contributed by atoms with Gasteiger partial charge in [-0.15, -0.1) is 12.4 Å². The first-order valence-corrected chi connectivity index (χ1v) is 9.95. The van der Waals surface area contributed by atoms with Gasteiger partial charge >= 0.3 is 0 Å². The molecule has 1 amide bonds. The number of benzene rings is 2. The van der Waals surface area contributed by atoms with Crippen molar-refractivity contribution in [3.8, 4) is 22.7 Å². The normalized spacial score (nSPS) is 14.3. The molecule has 2 aromatic carbocycles. The fraction of sp³-hybridized carbons (Fsp3) is 0.304. The Morgan fingerprint density at radius 3 is 2.50 bits per heavy atom. The van der Waals surface area contributed by atoms with Crippen LogP contribution in [0.1, 0.15) is 23.2 Å². The summed E-state index contributed by atoms with van der Waals surface area (Å²) in [5, 5.41) is 8.08. The highest BCUT2D eigenvalue weighted by atomic mass is 35.5. The molecule has 0 bridgehead atoms. The third-order valence-corrected chi connectivity index (χ3v) is 5.50. The minimum Gasteiger partial charge on any atom is -0.497 e. The summed E-state index contributed by atoms with van der Waals surface area (Å²) in [6.07, 6.45) is 3.77. The first-order chi connectivity index (χ1) is 14.2. The largest absolute Gasteiger partial charge is 0.497 e. The smallest absolute Gasteiger partial charge is 0.257 e. The van der Waals surface area contributed by atoms with Gasteiger partial charge in [-0.2, -0.15) is 5.10 Å². The molecule has 2 heterocycles. The predicted octanol–water partition coefficient (Wildman–Crippen LogP) is 3.79. The van der Waals surface area contributed by atoms with Crippen LogP contribution in [0.25, 0.3) is 16.9 Å². The van der Waals surface area contributed by atoms with Gasteiger partial charge in [0, 0.05) is 30.9 Å². The number of hydrogen-bond donors (Lipinski definition) is 1. The molecule has 1 N–H and O–H groups in total. The lowest BCUT2D eigenvalue weighted by atomic mass is 10.0. The number of methoxy groups -OCH3 is 1. The van der Waals surface area contributed by atoms with Gasteiger partial charge in [0.05, 0.1) is 18.4 Å². The number of likely N-dealkylation sites (tertiary alicyclic amines) is 1. The van der Waals surface area contributed by atoms with Crippen LogP contribution in [0.3, 0.4) is 0 Å². The van der Waals surface area contributed by atoms with Crippen LogP contribution in [0.15, 0.2) is 60.8 Å². The first kappa shape index (κ1) is 21.9. The van der Waals surface area contributed by atoms with E-state index < -0.39 is 0 Å². The van der Waals surface area contributed by atoms with Gasteiger partial charge in [0.15, 0.2) is 0 Å². The van der Waals surface area contributed by atoms with E-state index in [1.807, 2.05) is 72.7 Å². The second kappa shape index (κ2) is 9.78. The summed E-state index contributed by atoms with van der Waals surface area (Å²) in [5.41, 5.74) is 3.08. The van der Waals surface area contributed by atoms with Gasteiger partial charge in [-0.1, -0.05) is 30.3 Å². The Bertz CT molecular complexity index is 982. The third kappa shape index (κ3) is 4.50. The average Bonchev–Trinajstić information content (AvgIpc) is 3.25. The van der Waals surface area contributed by atoms with Crippen molar-refractivity contribution < 1.29 is 9.53 Å². The molecule has 0 spiro atoms. The van der Waals surface area contributed by atoms with Crippen LogP contribution in [0.4, 0.5) is 0 Å². The summed E-state index contributed by atoms with van der Waals surface area (Å²) >= 11 is 0. The highest BCUT2D eigenvalue weighted by Crippen LogP contribution is 2.28. The number of hydrogen-bond acceptors (Lipinski definition) is 4. The molecule has 0 unspecified atom stereocenters. The van der Waals surface area contributed by atoms with E-state index in [1.54, 1.807) is 11.8 Å². The Labute approximate surface area is 183 Å². The highest BCUT2D eigenvalue weighted by molar-refractivity contribution is 6.00. The van der Waals surface area contributed by atoms with Gasteiger partial charge in [-0.3, -0.25) is 4.79 Å². The van der Waals surface area contributed by atoms with Crippen LogP contribution in [0, 0.1) is 0 Å². The van der Waals surface area contributed by atoms with Gasteiger partial charge in [0.1, 0.15) is 11.4 Å². The van der Waals surface area contributed by atoms with Gasteiger partial charge in [-0.05, 0) is 44.2 Å². The topological polar surface area (TPSA) is 59.4 Å². The predicted molar refractivity (Wildman–Crippen MR) is 121 cm³/mol. The minimum absolute atomic E-state index is 0. The summed E-state index contributed by atoms with van der Waals surface area (Å²) in [5.74, 6) is 0.768. The van der Waals surface area contributed by atoms with E-state index in [0.717, 1.165) is 42.9 Å². The molecule has 3 aromatic rings. The number of carbonyl (C=O) groups excluding carboxylic acids is 1. The zero-order valence-corrected chi connectivity index (χ0v) is 18.1. The highest BCUT2D eigenvalue weighted by Gasteiger charge is 2.27. The number of aromatic nitrogens is 2. The zero-order chi connectivity index (χ0) is 20.2.